The maximum absolute atomic E-state index is 13.4. The highest BCUT2D eigenvalue weighted by Gasteiger charge is 2.41. The van der Waals surface area contributed by atoms with Gasteiger partial charge in [-0.05, 0) is 137 Å². The van der Waals surface area contributed by atoms with Crippen LogP contribution in [0.3, 0.4) is 0 Å². The molecule has 6 aromatic rings. The molecule has 16 nitrogen and oxygen atoms in total. The Balaban J connectivity index is 0.000000152. The van der Waals surface area contributed by atoms with Crippen LogP contribution in [0.2, 0.25) is 0 Å². The number of ether oxygens (including phenoxy) is 3. The molecular weight excluding hydrogens is 1270 g/mol. The first-order chi connectivity index (χ1) is 43.1. The number of halogens is 10. The number of aromatic nitrogens is 6. The lowest BCUT2D eigenvalue weighted by Crippen LogP contribution is -2.46. The Hall–Kier alpha value is -5.35. The van der Waals surface area contributed by atoms with E-state index in [0.717, 1.165) is 90.5 Å². The van der Waals surface area contributed by atoms with E-state index < -0.39 is 52.4 Å². The van der Waals surface area contributed by atoms with E-state index in [4.69, 9.17) is 19.9 Å². The van der Waals surface area contributed by atoms with Crippen LogP contribution in [0.1, 0.15) is 121 Å². The van der Waals surface area contributed by atoms with Crippen molar-refractivity contribution in [2.24, 2.45) is 35.3 Å². The van der Waals surface area contributed by atoms with Gasteiger partial charge < -0.3 is 50.0 Å². The van der Waals surface area contributed by atoms with Crippen molar-refractivity contribution in [2.45, 2.75) is 146 Å². The molecule has 0 amide bonds. The van der Waals surface area contributed by atoms with Crippen LogP contribution in [0.25, 0.3) is 32.7 Å². The average molecular weight is 1350 g/mol. The predicted molar refractivity (Wildman–Crippen MR) is 334 cm³/mol. The zero-order chi connectivity index (χ0) is 65.4. The fourth-order valence-corrected chi connectivity index (χ4v) is 14.3. The molecule has 0 aliphatic carbocycles. The highest BCUT2D eigenvalue weighted by Crippen LogP contribution is 2.42. The lowest BCUT2D eigenvalue weighted by molar-refractivity contribution is -0.140. The fourth-order valence-electron chi connectivity index (χ4n) is 13.8. The van der Waals surface area contributed by atoms with E-state index in [2.05, 4.69) is 76.4 Å². The summed E-state index contributed by atoms with van der Waals surface area (Å²) in [5.41, 5.74) is 3.16. The minimum atomic E-state index is -4.54. The number of hydrogen-bond acceptors (Lipinski definition) is 16. The van der Waals surface area contributed by atoms with Crippen molar-refractivity contribution in [1.29, 1.82) is 0 Å². The van der Waals surface area contributed by atoms with Gasteiger partial charge in [-0.15, -0.1) is 0 Å². The minimum Gasteiger partial charge on any atom is -0.390 e. The van der Waals surface area contributed by atoms with Gasteiger partial charge in [0.2, 0.25) is 0 Å². The summed E-state index contributed by atoms with van der Waals surface area (Å²) in [5.74, 6) is 1.94. The number of alkyl halides is 10. The molecule has 500 valence electrons. The maximum Gasteiger partial charge on any atom is 0.435 e. The number of rotatable bonds is 10. The van der Waals surface area contributed by atoms with Crippen molar-refractivity contribution >= 4 is 65.7 Å². The van der Waals surface area contributed by atoms with Gasteiger partial charge in [0.25, 0.3) is 0 Å². The molecule has 0 saturated carbocycles. The quantitative estimate of drug-likeness (QED) is 0.0744. The first kappa shape index (κ1) is 70.0. The third-order valence-electron chi connectivity index (χ3n) is 18.4. The van der Waals surface area contributed by atoms with Crippen LogP contribution in [0.15, 0.2) is 73.6 Å². The topological polar surface area (TPSA) is 201 Å². The molecule has 0 bridgehead atoms. The van der Waals surface area contributed by atoms with Crippen LogP contribution in [0.4, 0.5) is 56.6 Å². The summed E-state index contributed by atoms with van der Waals surface area (Å²) < 4.78 is 135. The lowest BCUT2D eigenvalue weighted by Gasteiger charge is -2.40. The van der Waals surface area contributed by atoms with Gasteiger partial charge >= 0.3 is 18.5 Å². The van der Waals surface area contributed by atoms with Crippen molar-refractivity contribution < 1.29 is 69.0 Å². The molecule has 12 heterocycles. The van der Waals surface area contributed by atoms with Crippen molar-refractivity contribution in [1.82, 2.24) is 29.9 Å². The second-order valence-electron chi connectivity index (χ2n) is 26.1. The van der Waals surface area contributed by atoms with Crippen molar-refractivity contribution in [3.8, 4) is 0 Å². The van der Waals surface area contributed by atoms with Gasteiger partial charge in [-0.2, -0.15) is 39.5 Å². The van der Waals surface area contributed by atoms with E-state index in [1.54, 1.807) is 36.4 Å². The van der Waals surface area contributed by atoms with Crippen LogP contribution in [-0.2, 0) is 32.7 Å². The highest BCUT2D eigenvalue weighted by molar-refractivity contribution is 9.09. The van der Waals surface area contributed by atoms with Crippen LogP contribution in [0.5, 0.6) is 0 Å². The smallest absolute Gasteiger partial charge is 0.390 e. The van der Waals surface area contributed by atoms with Gasteiger partial charge in [0.1, 0.15) is 16.6 Å². The van der Waals surface area contributed by atoms with Gasteiger partial charge in [-0.25, -0.2) is 15.0 Å². The number of piperidine rings is 3. The van der Waals surface area contributed by atoms with E-state index in [-0.39, 0.29) is 22.6 Å². The summed E-state index contributed by atoms with van der Waals surface area (Å²) in [6.07, 6.45) is 4.92. The Kier molecular flexibility index (Phi) is 23.0. The molecule has 0 spiro atoms. The summed E-state index contributed by atoms with van der Waals surface area (Å²) in [7, 11) is 0. The second kappa shape index (κ2) is 29.9. The molecule has 91 heavy (non-hydrogen) atoms. The number of fused-ring (bicyclic) bond motifs is 3. The molecule has 6 aromatic heterocycles. The van der Waals surface area contributed by atoms with Gasteiger partial charge in [0, 0.05) is 138 Å². The number of nitrogens with two attached hydrogens (primary N) is 1. The highest BCUT2D eigenvalue weighted by atomic mass is 79.9. The molecule has 6 saturated heterocycles. The number of pyridine rings is 6. The molecule has 6 aliphatic heterocycles. The number of aliphatic hydroxyl groups is 3. The van der Waals surface area contributed by atoms with Gasteiger partial charge in [-0.3, -0.25) is 15.0 Å². The standard InChI is InChI=1S/2C22H28F3N3O2.C15H17F3N4.C6H11BrO2/c2*1-15-11-16(4-5-21(29)6-9-30-10-7-21)14-28(13-15)18-12-27-20(22(23,24)25)19-17(18)3-2-8-26-19;1-9-5-10(19)8-22(7-9)12-6-21-14(15(16,17)18)13-11(12)3-2-4-20-13;7-5-6(8)1-3-9-4-2-6/h2*2-3,8,12,15-16,29H,4-7,9-11,13-14H2,1H3;2-4,6,9-10H,5,7-8,19H2,1H3;8H,1-5H2/t2*15-,16+;9-,10+;/m000./s1. The normalized spacial score (nSPS) is 24.6. The van der Waals surface area contributed by atoms with Crippen molar-refractivity contribution in [3.63, 3.8) is 0 Å². The molecule has 6 atom stereocenters. The van der Waals surface area contributed by atoms with E-state index in [9.17, 15) is 54.8 Å². The summed E-state index contributed by atoms with van der Waals surface area (Å²) in [5, 5.41) is 33.2. The molecule has 12 rings (SSSR count). The SMILES string of the molecule is C[C@H]1C[C@@H](CCC2(O)CCOCC2)CN(c2cnc(C(F)(F)F)c3ncccc23)C1.C[C@H]1C[C@@H](CCC2(O)CCOCC2)CN(c2cnc(C(F)(F)F)c3ncccc23)C1.C[C@H]1C[C@@H](N)CN(c2cnc(C(F)(F)F)c3ncccc23)C1.OC1(CBr)CCOCC1. The number of hydrogen-bond donors (Lipinski definition) is 4. The molecule has 0 unspecified atom stereocenters. The molecule has 6 aliphatic rings. The van der Waals surface area contributed by atoms with Crippen LogP contribution in [0, 0.1) is 29.6 Å². The summed E-state index contributed by atoms with van der Waals surface area (Å²) in [6, 6.07) is 10.0. The molecule has 0 radical (unpaired) electrons. The predicted octanol–water partition coefficient (Wildman–Crippen LogP) is 12.6. The Bertz CT molecular complexity index is 3180. The maximum atomic E-state index is 13.4. The van der Waals surface area contributed by atoms with Crippen LogP contribution in [-0.4, -0.2) is 152 Å². The zero-order valence-corrected chi connectivity index (χ0v) is 53.3. The van der Waals surface area contributed by atoms with Crippen molar-refractivity contribution in [2.75, 3.05) is 98.9 Å². The van der Waals surface area contributed by atoms with E-state index in [0.29, 0.717) is 140 Å². The minimum absolute atomic E-state index is 0.0118. The zero-order valence-electron chi connectivity index (χ0n) is 51.7. The summed E-state index contributed by atoms with van der Waals surface area (Å²) >= 11 is 3.26. The number of anilines is 3. The molecule has 6 fully saturated rings. The third kappa shape index (κ3) is 18.3. The first-order valence-electron chi connectivity index (χ1n) is 31.5. The molecular formula is C65H84BrF9N10O6. The van der Waals surface area contributed by atoms with Gasteiger partial charge in [-0.1, -0.05) is 36.7 Å². The largest absolute Gasteiger partial charge is 0.435 e. The average Bonchev–Trinajstić information content (AvgIpc) is 2.62. The third-order valence-corrected chi connectivity index (χ3v) is 19.5. The monoisotopic (exact) mass is 1350 g/mol. The molecule has 0 aromatic carbocycles. The van der Waals surface area contributed by atoms with Gasteiger partial charge in [0.05, 0.1) is 52.5 Å². The van der Waals surface area contributed by atoms with Crippen molar-refractivity contribution in [3.05, 3.63) is 90.7 Å². The fraction of sp³-hybridized carbons (Fsp3) is 0.631. The van der Waals surface area contributed by atoms with E-state index in [1.807, 2.05) is 4.90 Å². The summed E-state index contributed by atoms with van der Waals surface area (Å²) in [4.78, 5) is 29.3. The van der Waals surface area contributed by atoms with E-state index >= 15 is 0 Å². The second-order valence-corrected chi connectivity index (χ2v) is 26.7. The van der Waals surface area contributed by atoms with Crippen LogP contribution >= 0.6 is 15.9 Å². The summed E-state index contributed by atoms with van der Waals surface area (Å²) in [6.45, 7) is 14.6. The number of nitrogens with zero attached hydrogens (tertiary/aromatic N) is 9. The Labute approximate surface area is 533 Å². The van der Waals surface area contributed by atoms with Crippen LogP contribution < -0.4 is 20.4 Å². The van der Waals surface area contributed by atoms with E-state index in [1.165, 1.54) is 37.2 Å². The molecule has 5 N–H and O–H groups in total. The lowest BCUT2D eigenvalue weighted by atomic mass is 9.81. The Morgan fingerprint density at radius 2 is 0.780 bits per heavy atom. The van der Waals surface area contributed by atoms with Gasteiger partial charge in [0.15, 0.2) is 17.1 Å². The Morgan fingerprint density at radius 3 is 1.08 bits per heavy atom. The Morgan fingerprint density at radius 1 is 0.473 bits per heavy atom. The first-order valence-corrected chi connectivity index (χ1v) is 32.6. The molecule has 26 heteroatoms.